The van der Waals surface area contributed by atoms with Crippen LogP contribution < -0.4 is 21.9 Å². The van der Waals surface area contributed by atoms with E-state index in [1.165, 1.54) is 0 Å². The molecule has 1 rings (SSSR count). The molecule has 1 heterocycles. The fourth-order valence-corrected chi connectivity index (χ4v) is 1.68. The molecule has 0 unspecified atom stereocenters. The quantitative estimate of drug-likeness (QED) is 0.441. The van der Waals surface area contributed by atoms with Gasteiger partial charge in [0.05, 0.1) is 0 Å². The Morgan fingerprint density at radius 3 is 2.50 bits per heavy atom. The van der Waals surface area contributed by atoms with Crippen molar-refractivity contribution in [3.05, 3.63) is 11.4 Å². The molecule has 1 aromatic heterocycles. The van der Waals surface area contributed by atoms with E-state index in [1.807, 2.05) is 27.7 Å². The SMILES string of the molecule is CCNC(=O)CCNc1nc(C(C)C)nc(NN)c1C. The number of aromatic nitrogens is 2. The molecule has 112 valence electrons. The van der Waals surface area contributed by atoms with Gasteiger partial charge in [0.25, 0.3) is 0 Å². The lowest BCUT2D eigenvalue weighted by atomic mass is 10.2. The largest absolute Gasteiger partial charge is 0.369 e. The monoisotopic (exact) mass is 280 g/mol. The van der Waals surface area contributed by atoms with Gasteiger partial charge in [-0.1, -0.05) is 13.8 Å². The normalized spacial score (nSPS) is 10.5. The number of carbonyl (C=O) groups is 1. The molecule has 0 saturated carbocycles. The molecule has 0 spiro atoms. The summed E-state index contributed by atoms with van der Waals surface area (Å²) in [6.07, 6.45) is 0.402. The van der Waals surface area contributed by atoms with Crippen molar-refractivity contribution in [2.45, 2.75) is 40.0 Å². The first-order chi connectivity index (χ1) is 9.49. The van der Waals surface area contributed by atoms with Crippen LogP contribution in [0.2, 0.25) is 0 Å². The summed E-state index contributed by atoms with van der Waals surface area (Å²) >= 11 is 0. The molecular formula is C13H24N6O. The Balaban J connectivity index is 2.78. The van der Waals surface area contributed by atoms with Crippen molar-refractivity contribution in [2.75, 3.05) is 23.8 Å². The highest BCUT2D eigenvalue weighted by molar-refractivity contribution is 5.76. The van der Waals surface area contributed by atoms with E-state index in [9.17, 15) is 4.79 Å². The predicted molar refractivity (Wildman–Crippen MR) is 80.5 cm³/mol. The highest BCUT2D eigenvalue weighted by Crippen LogP contribution is 2.22. The van der Waals surface area contributed by atoms with E-state index in [4.69, 9.17) is 5.84 Å². The molecule has 0 aliphatic heterocycles. The number of nitrogens with zero attached hydrogens (tertiary/aromatic N) is 2. The standard InChI is InChI=1S/C13H24N6O/c1-5-15-10(20)6-7-16-12-9(4)13(19-14)18-11(17-12)8(2)3/h8H,5-7,14H2,1-4H3,(H,15,20)(H2,16,17,18,19). The Labute approximate surface area is 119 Å². The van der Waals surface area contributed by atoms with Crippen LogP contribution in [-0.4, -0.2) is 29.0 Å². The summed E-state index contributed by atoms with van der Waals surface area (Å²) in [4.78, 5) is 20.2. The third-order valence-corrected chi connectivity index (χ3v) is 2.83. The Kier molecular flexibility index (Phi) is 6.17. The van der Waals surface area contributed by atoms with Gasteiger partial charge in [-0.25, -0.2) is 15.8 Å². The van der Waals surface area contributed by atoms with Gasteiger partial charge in [0.1, 0.15) is 17.5 Å². The van der Waals surface area contributed by atoms with E-state index in [2.05, 4.69) is 26.0 Å². The highest BCUT2D eigenvalue weighted by Gasteiger charge is 2.12. The predicted octanol–water partition coefficient (Wildman–Crippen LogP) is 1.13. The van der Waals surface area contributed by atoms with Gasteiger partial charge < -0.3 is 16.1 Å². The third-order valence-electron chi connectivity index (χ3n) is 2.83. The lowest BCUT2D eigenvalue weighted by Crippen LogP contribution is -2.25. The van der Waals surface area contributed by atoms with Crippen LogP contribution in [0.5, 0.6) is 0 Å². The van der Waals surface area contributed by atoms with Crippen molar-refractivity contribution in [1.82, 2.24) is 15.3 Å². The van der Waals surface area contributed by atoms with Crippen LogP contribution >= 0.6 is 0 Å². The number of hydrogen-bond acceptors (Lipinski definition) is 6. The fourth-order valence-electron chi connectivity index (χ4n) is 1.68. The van der Waals surface area contributed by atoms with Crippen molar-refractivity contribution in [3.8, 4) is 0 Å². The second-order valence-corrected chi connectivity index (χ2v) is 4.83. The summed E-state index contributed by atoms with van der Waals surface area (Å²) in [6.45, 7) is 8.98. The summed E-state index contributed by atoms with van der Waals surface area (Å²) < 4.78 is 0. The first kappa shape index (κ1) is 16.2. The molecule has 0 bridgehead atoms. The Morgan fingerprint density at radius 2 is 1.95 bits per heavy atom. The minimum atomic E-state index is 0.0213. The smallest absolute Gasteiger partial charge is 0.221 e. The zero-order valence-electron chi connectivity index (χ0n) is 12.6. The summed E-state index contributed by atoms with van der Waals surface area (Å²) in [7, 11) is 0. The molecule has 7 nitrogen and oxygen atoms in total. The van der Waals surface area contributed by atoms with Gasteiger partial charge >= 0.3 is 0 Å². The van der Waals surface area contributed by atoms with Gasteiger partial charge in [-0.15, -0.1) is 0 Å². The second kappa shape index (κ2) is 7.64. The van der Waals surface area contributed by atoms with Crippen molar-refractivity contribution >= 4 is 17.5 Å². The zero-order chi connectivity index (χ0) is 15.1. The first-order valence-corrected chi connectivity index (χ1v) is 6.85. The summed E-state index contributed by atoms with van der Waals surface area (Å²) in [6, 6.07) is 0. The number of rotatable bonds is 7. The van der Waals surface area contributed by atoms with Gasteiger partial charge in [-0.2, -0.15) is 0 Å². The van der Waals surface area contributed by atoms with Crippen LogP contribution in [0.4, 0.5) is 11.6 Å². The molecule has 0 atom stereocenters. The average molecular weight is 280 g/mol. The molecule has 7 heteroatoms. The van der Waals surface area contributed by atoms with E-state index >= 15 is 0 Å². The van der Waals surface area contributed by atoms with E-state index in [0.717, 1.165) is 5.56 Å². The number of carbonyl (C=O) groups excluding carboxylic acids is 1. The fraction of sp³-hybridized carbons (Fsp3) is 0.615. The molecule has 0 radical (unpaired) electrons. The van der Waals surface area contributed by atoms with Crippen LogP contribution in [0.1, 0.15) is 44.5 Å². The van der Waals surface area contributed by atoms with Gasteiger partial charge in [-0.05, 0) is 13.8 Å². The van der Waals surface area contributed by atoms with Gasteiger partial charge in [-0.3, -0.25) is 4.79 Å². The summed E-state index contributed by atoms with van der Waals surface area (Å²) in [5.74, 6) is 7.72. The van der Waals surface area contributed by atoms with E-state index in [0.29, 0.717) is 37.0 Å². The Hall–Kier alpha value is -1.89. The topological polar surface area (TPSA) is 105 Å². The van der Waals surface area contributed by atoms with Gasteiger partial charge in [0, 0.05) is 31.0 Å². The molecular weight excluding hydrogens is 256 g/mol. The molecule has 0 fully saturated rings. The lowest BCUT2D eigenvalue weighted by molar-refractivity contribution is -0.120. The lowest BCUT2D eigenvalue weighted by Gasteiger charge is -2.14. The molecule has 1 aromatic rings. The van der Waals surface area contributed by atoms with E-state index in [1.54, 1.807) is 0 Å². The number of nitrogen functional groups attached to an aromatic ring is 1. The zero-order valence-corrected chi connectivity index (χ0v) is 12.6. The number of nitrogens with one attached hydrogen (secondary N) is 3. The second-order valence-electron chi connectivity index (χ2n) is 4.83. The molecule has 0 saturated heterocycles. The number of anilines is 2. The minimum Gasteiger partial charge on any atom is -0.369 e. The van der Waals surface area contributed by atoms with Crippen molar-refractivity contribution in [2.24, 2.45) is 5.84 Å². The maximum Gasteiger partial charge on any atom is 0.221 e. The van der Waals surface area contributed by atoms with E-state index in [-0.39, 0.29) is 11.8 Å². The average Bonchev–Trinajstić information content (AvgIpc) is 2.40. The number of amides is 1. The van der Waals surface area contributed by atoms with E-state index < -0.39 is 0 Å². The van der Waals surface area contributed by atoms with Crippen LogP contribution in [0, 0.1) is 6.92 Å². The van der Waals surface area contributed by atoms with Crippen molar-refractivity contribution in [1.29, 1.82) is 0 Å². The molecule has 0 aromatic carbocycles. The number of nitrogens with two attached hydrogens (primary N) is 1. The maximum absolute atomic E-state index is 11.4. The highest BCUT2D eigenvalue weighted by atomic mass is 16.1. The maximum atomic E-state index is 11.4. The summed E-state index contributed by atoms with van der Waals surface area (Å²) in [5.41, 5.74) is 3.42. The molecule has 5 N–H and O–H groups in total. The van der Waals surface area contributed by atoms with Gasteiger partial charge in [0.15, 0.2) is 0 Å². The molecule has 0 aliphatic rings. The minimum absolute atomic E-state index is 0.0213. The molecule has 0 aliphatic carbocycles. The third kappa shape index (κ3) is 4.34. The van der Waals surface area contributed by atoms with Crippen LogP contribution in [0.3, 0.4) is 0 Å². The first-order valence-electron chi connectivity index (χ1n) is 6.85. The van der Waals surface area contributed by atoms with Crippen molar-refractivity contribution in [3.63, 3.8) is 0 Å². The Bertz CT molecular complexity index is 460. The van der Waals surface area contributed by atoms with Crippen LogP contribution in [-0.2, 0) is 4.79 Å². The Morgan fingerprint density at radius 1 is 1.30 bits per heavy atom. The molecule has 20 heavy (non-hydrogen) atoms. The van der Waals surface area contributed by atoms with Crippen molar-refractivity contribution < 1.29 is 4.79 Å². The molecule has 1 amide bonds. The summed E-state index contributed by atoms with van der Waals surface area (Å²) in [5, 5.41) is 5.92. The van der Waals surface area contributed by atoms with Crippen LogP contribution in [0.25, 0.3) is 0 Å². The number of hydrogen-bond donors (Lipinski definition) is 4. The van der Waals surface area contributed by atoms with Crippen LogP contribution in [0.15, 0.2) is 0 Å². The number of hydrazine groups is 1. The van der Waals surface area contributed by atoms with Gasteiger partial charge in [0.2, 0.25) is 5.91 Å².